The van der Waals surface area contributed by atoms with E-state index in [1.807, 2.05) is 13.1 Å². The summed E-state index contributed by atoms with van der Waals surface area (Å²) in [4.78, 5) is 34.6. The highest BCUT2D eigenvalue weighted by Gasteiger charge is 2.33. The van der Waals surface area contributed by atoms with Gasteiger partial charge in [0, 0.05) is 38.1 Å². The van der Waals surface area contributed by atoms with E-state index in [9.17, 15) is 9.59 Å². The van der Waals surface area contributed by atoms with E-state index in [-0.39, 0.29) is 23.1 Å². The van der Waals surface area contributed by atoms with Crippen LogP contribution in [0.2, 0.25) is 0 Å². The molecule has 1 aliphatic carbocycles. The summed E-state index contributed by atoms with van der Waals surface area (Å²) in [7, 11) is 1.82. The van der Waals surface area contributed by atoms with Crippen LogP contribution in [0.3, 0.4) is 0 Å². The van der Waals surface area contributed by atoms with Crippen LogP contribution in [0, 0.1) is 0 Å². The summed E-state index contributed by atoms with van der Waals surface area (Å²) in [5, 5.41) is 0. The predicted octanol–water partition coefficient (Wildman–Crippen LogP) is 2.40. The van der Waals surface area contributed by atoms with E-state index in [0.717, 1.165) is 38.8 Å². The van der Waals surface area contributed by atoms with Crippen molar-refractivity contribution in [2.24, 2.45) is 0 Å². The lowest BCUT2D eigenvalue weighted by Gasteiger charge is -2.40. The summed E-state index contributed by atoms with van der Waals surface area (Å²) in [6, 6.07) is 14.6. The third-order valence-electron chi connectivity index (χ3n) is 6.69. The zero-order valence-corrected chi connectivity index (χ0v) is 17.2. The predicted molar refractivity (Wildman–Crippen MR) is 116 cm³/mol. The molecule has 1 saturated heterocycles. The van der Waals surface area contributed by atoms with Gasteiger partial charge in [0.2, 0.25) is 0 Å². The van der Waals surface area contributed by atoms with E-state index in [1.54, 1.807) is 23.2 Å². The van der Waals surface area contributed by atoms with Crippen LogP contribution in [0.1, 0.15) is 34.3 Å². The standard InChI is InChI=1S/C24H26N4O2/c1-26(23(29)21-15-25-22-10-4-5-12-28(22)24(21)30)19-9-6-11-27(16-19)20-13-17-7-2-3-8-18(17)14-20/h2-5,7-8,10,12,15,19-20H,6,9,11,13-14,16H2,1H3/t19-/m1/s1. The lowest BCUT2D eigenvalue weighted by Crippen LogP contribution is -2.52. The van der Waals surface area contributed by atoms with Crippen molar-refractivity contribution in [3.8, 4) is 0 Å². The molecular formula is C24H26N4O2. The van der Waals surface area contributed by atoms with Crippen LogP contribution in [-0.4, -0.2) is 57.3 Å². The summed E-state index contributed by atoms with van der Waals surface area (Å²) < 4.78 is 1.43. The number of likely N-dealkylation sites (N-methyl/N-ethyl adjacent to an activating group) is 1. The Kier molecular flexibility index (Phi) is 4.87. The minimum atomic E-state index is -0.309. The van der Waals surface area contributed by atoms with Crippen LogP contribution in [0.15, 0.2) is 59.7 Å². The first-order chi connectivity index (χ1) is 14.6. The third kappa shape index (κ3) is 3.31. The molecular weight excluding hydrogens is 376 g/mol. The molecule has 0 bridgehead atoms. The maximum absolute atomic E-state index is 13.2. The first-order valence-electron chi connectivity index (χ1n) is 10.7. The van der Waals surface area contributed by atoms with Crippen LogP contribution < -0.4 is 5.56 Å². The lowest BCUT2D eigenvalue weighted by atomic mass is 10.0. The van der Waals surface area contributed by atoms with E-state index in [0.29, 0.717) is 11.7 Å². The number of amides is 1. The number of fused-ring (bicyclic) bond motifs is 2. The number of nitrogens with zero attached hydrogens (tertiary/aromatic N) is 4. The Hall–Kier alpha value is -2.99. The van der Waals surface area contributed by atoms with Crippen molar-refractivity contribution in [1.82, 2.24) is 19.2 Å². The minimum Gasteiger partial charge on any atom is -0.337 e. The lowest BCUT2D eigenvalue weighted by molar-refractivity contribution is 0.0553. The number of likely N-dealkylation sites (tertiary alicyclic amines) is 1. The molecule has 1 atom stereocenters. The Bertz CT molecular complexity index is 1130. The molecule has 0 unspecified atom stereocenters. The maximum Gasteiger partial charge on any atom is 0.270 e. The topological polar surface area (TPSA) is 57.9 Å². The van der Waals surface area contributed by atoms with Crippen molar-refractivity contribution < 1.29 is 4.79 Å². The number of piperidine rings is 1. The SMILES string of the molecule is CN(C(=O)c1cnc2ccccn2c1=O)[C@@H]1CCCN(C2Cc3ccccc3C2)C1. The third-order valence-corrected chi connectivity index (χ3v) is 6.69. The van der Waals surface area contributed by atoms with Crippen LogP contribution in [0.4, 0.5) is 0 Å². The molecule has 2 aromatic heterocycles. The normalized spacial score (nSPS) is 19.7. The highest BCUT2D eigenvalue weighted by atomic mass is 16.2. The van der Waals surface area contributed by atoms with E-state index in [2.05, 4.69) is 34.1 Å². The number of aromatic nitrogens is 2. The Morgan fingerprint density at radius 1 is 1.10 bits per heavy atom. The molecule has 0 spiro atoms. The van der Waals surface area contributed by atoms with Gasteiger partial charge in [-0.3, -0.25) is 18.9 Å². The summed E-state index contributed by atoms with van der Waals surface area (Å²) in [6.45, 7) is 1.92. The first-order valence-corrected chi connectivity index (χ1v) is 10.7. The van der Waals surface area contributed by atoms with Gasteiger partial charge in [-0.25, -0.2) is 4.98 Å². The molecule has 5 rings (SSSR count). The van der Waals surface area contributed by atoms with Crippen molar-refractivity contribution >= 4 is 11.6 Å². The average molecular weight is 402 g/mol. The first kappa shape index (κ1) is 19.0. The van der Waals surface area contributed by atoms with E-state index >= 15 is 0 Å². The molecule has 0 saturated carbocycles. The Balaban J connectivity index is 1.33. The molecule has 6 heteroatoms. The molecule has 0 radical (unpaired) electrons. The highest BCUT2D eigenvalue weighted by Crippen LogP contribution is 2.28. The number of pyridine rings is 1. The second-order valence-corrected chi connectivity index (χ2v) is 8.44. The van der Waals surface area contributed by atoms with Gasteiger partial charge in [0.1, 0.15) is 11.2 Å². The van der Waals surface area contributed by atoms with Gasteiger partial charge in [0.15, 0.2) is 0 Å². The van der Waals surface area contributed by atoms with Gasteiger partial charge < -0.3 is 4.90 Å². The van der Waals surface area contributed by atoms with Crippen LogP contribution in [0.25, 0.3) is 5.65 Å². The van der Waals surface area contributed by atoms with Crippen LogP contribution in [0.5, 0.6) is 0 Å². The van der Waals surface area contributed by atoms with Crippen molar-refractivity contribution in [2.45, 2.75) is 37.8 Å². The monoisotopic (exact) mass is 402 g/mol. The number of carbonyl (C=O) groups is 1. The summed E-state index contributed by atoms with van der Waals surface area (Å²) in [5.74, 6) is -0.243. The van der Waals surface area contributed by atoms with Gasteiger partial charge >= 0.3 is 0 Å². The number of hydrogen-bond acceptors (Lipinski definition) is 4. The Morgan fingerprint density at radius 3 is 2.60 bits per heavy atom. The molecule has 154 valence electrons. The number of carbonyl (C=O) groups excluding carboxylic acids is 1. The van der Waals surface area contributed by atoms with E-state index in [4.69, 9.17) is 0 Å². The minimum absolute atomic E-state index is 0.103. The van der Waals surface area contributed by atoms with Crippen molar-refractivity contribution in [1.29, 1.82) is 0 Å². The van der Waals surface area contributed by atoms with Crippen molar-refractivity contribution in [3.63, 3.8) is 0 Å². The van der Waals surface area contributed by atoms with Crippen molar-refractivity contribution in [3.05, 3.63) is 81.9 Å². The van der Waals surface area contributed by atoms with E-state index < -0.39 is 0 Å². The van der Waals surface area contributed by atoms with Crippen LogP contribution in [-0.2, 0) is 12.8 Å². The number of benzene rings is 1. The highest BCUT2D eigenvalue weighted by molar-refractivity contribution is 5.93. The Labute approximate surface area is 175 Å². The quantitative estimate of drug-likeness (QED) is 0.675. The Morgan fingerprint density at radius 2 is 1.83 bits per heavy atom. The summed E-state index contributed by atoms with van der Waals surface area (Å²) >= 11 is 0. The zero-order valence-electron chi connectivity index (χ0n) is 17.2. The van der Waals surface area contributed by atoms with E-state index in [1.165, 1.54) is 21.7 Å². The van der Waals surface area contributed by atoms with Gasteiger partial charge in [0.25, 0.3) is 11.5 Å². The molecule has 1 amide bonds. The van der Waals surface area contributed by atoms with Gasteiger partial charge in [-0.15, -0.1) is 0 Å². The van der Waals surface area contributed by atoms with Gasteiger partial charge in [-0.1, -0.05) is 30.3 Å². The largest absolute Gasteiger partial charge is 0.337 e. The molecule has 30 heavy (non-hydrogen) atoms. The summed E-state index contributed by atoms with van der Waals surface area (Å²) in [6.07, 6.45) is 7.25. The molecule has 3 heterocycles. The van der Waals surface area contributed by atoms with Gasteiger partial charge in [-0.2, -0.15) is 0 Å². The van der Waals surface area contributed by atoms with Gasteiger partial charge in [-0.05, 0) is 55.5 Å². The fourth-order valence-corrected chi connectivity index (χ4v) is 4.95. The molecule has 3 aromatic rings. The van der Waals surface area contributed by atoms with Crippen molar-refractivity contribution in [2.75, 3.05) is 20.1 Å². The fourth-order valence-electron chi connectivity index (χ4n) is 4.95. The zero-order chi connectivity index (χ0) is 20.7. The van der Waals surface area contributed by atoms with Gasteiger partial charge in [0.05, 0.1) is 0 Å². The molecule has 1 fully saturated rings. The molecule has 1 aliphatic heterocycles. The second-order valence-electron chi connectivity index (χ2n) is 8.44. The molecule has 0 N–H and O–H groups in total. The molecule has 6 nitrogen and oxygen atoms in total. The fraction of sp³-hybridized carbons (Fsp3) is 0.375. The summed E-state index contributed by atoms with van der Waals surface area (Å²) in [5.41, 5.74) is 3.27. The average Bonchev–Trinajstić information content (AvgIpc) is 3.23. The molecule has 2 aliphatic rings. The maximum atomic E-state index is 13.2. The number of rotatable bonds is 3. The smallest absolute Gasteiger partial charge is 0.270 e. The molecule has 1 aromatic carbocycles. The number of hydrogen-bond donors (Lipinski definition) is 0. The van der Waals surface area contributed by atoms with Crippen LogP contribution >= 0.6 is 0 Å². The second kappa shape index (κ2) is 7.69.